The second kappa shape index (κ2) is 9.71. The number of amides is 1. The van der Waals surface area contributed by atoms with E-state index < -0.39 is 9.84 Å². The normalized spacial score (nSPS) is 11.2. The molecule has 1 N–H and O–H groups in total. The van der Waals surface area contributed by atoms with Gasteiger partial charge in [-0.3, -0.25) is 4.79 Å². The Morgan fingerprint density at radius 2 is 1.69 bits per heavy atom. The molecule has 7 heteroatoms. The summed E-state index contributed by atoms with van der Waals surface area (Å²) < 4.78 is 29.3. The summed E-state index contributed by atoms with van der Waals surface area (Å²) in [6.45, 7) is 2.01. The number of nitrogens with one attached hydrogen (secondary N) is 1. The van der Waals surface area contributed by atoms with E-state index in [2.05, 4.69) is 5.32 Å². The number of benzene rings is 2. The Morgan fingerprint density at radius 3 is 2.34 bits per heavy atom. The van der Waals surface area contributed by atoms with E-state index in [0.29, 0.717) is 17.2 Å². The van der Waals surface area contributed by atoms with Crippen LogP contribution < -0.4 is 10.1 Å². The molecule has 0 aliphatic carbocycles. The average molecular weight is 430 g/mol. The van der Waals surface area contributed by atoms with Crippen LogP contribution in [0.1, 0.15) is 22.2 Å². The number of sulfone groups is 1. The zero-order chi connectivity index (χ0) is 20.7. The van der Waals surface area contributed by atoms with E-state index in [1.165, 1.54) is 11.3 Å². The topological polar surface area (TPSA) is 72.5 Å². The van der Waals surface area contributed by atoms with Gasteiger partial charge in [0.05, 0.1) is 5.75 Å². The Morgan fingerprint density at radius 1 is 1.03 bits per heavy atom. The molecule has 0 aliphatic heterocycles. The molecule has 0 bridgehead atoms. The third kappa shape index (κ3) is 5.92. The lowest BCUT2D eigenvalue weighted by Gasteiger charge is -2.08. The van der Waals surface area contributed by atoms with E-state index in [-0.39, 0.29) is 24.0 Å². The van der Waals surface area contributed by atoms with Crippen molar-refractivity contribution in [2.24, 2.45) is 0 Å². The highest BCUT2D eigenvalue weighted by atomic mass is 32.2. The zero-order valence-corrected chi connectivity index (χ0v) is 17.8. The van der Waals surface area contributed by atoms with Gasteiger partial charge in [0, 0.05) is 17.2 Å². The lowest BCUT2D eigenvalue weighted by Crippen LogP contribution is -2.29. The van der Waals surface area contributed by atoms with Crippen LogP contribution in [0.2, 0.25) is 0 Å². The van der Waals surface area contributed by atoms with Gasteiger partial charge in [-0.15, -0.1) is 11.3 Å². The Kier molecular flexibility index (Phi) is 7.06. The van der Waals surface area contributed by atoms with Crippen LogP contribution in [0.5, 0.6) is 5.75 Å². The van der Waals surface area contributed by atoms with Gasteiger partial charge >= 0.3 is 0 Å². The van der Waals surface area contributed by atoms with Crippen molar-refractivity contribution >= 4 is 27.1 Å². The molecule has 5 nitrogen and oxygen atoms in total. The number of hydrogen-bond donors (Lipinski definition) is 1. The molecule has 2 aromatic carbocycles. The predicted octanol–water partition coefficient (Wildman–Crippen LogP) is 4.16. The first-order chi connectivity index (χ1) is 14.0. The molecule has 0 aliphatic rings. The molecule has 0 spiro atoms. The van der Waals surface area contributed by atoms with Crippen LogP contribution in [-0.2, 0) is 16.4 Å². The van der Waals surface area contributed by atoms with Crippen molar-refractivity contribution < 1.29 is 17.9 Å². The van der Waals surface area contributed by atoms with Gasteiger partial charge < -0.3 is 10.1 Å². The van der Waals surface area contributed by atoms with Gasteiger partial charge in [0.1, 0.15) is 17.2 Å². The van der Waals surface area contributed by atoms with Crippen molar-refractivity contribution in [2.75, 3.05) is 18.1 Å². The number of hydrogen-bond acceptors (Lipinski definition) is 5. The van der Waals surface area contributed by atoms with E-state index in [9.17, 15) is 13.2 Å². The Labute approximate surface area is 175 Å². The molecule has 1 heterocycles. The summed E-state index contributed by atoms with van der Waals surface area (Å²) in [6, 6.07) is 21.3. The summed E-state index contributed by atoms with van der Waals surface area (Å²) in [7, 11) is -3.13. The molecular weight excluding hydrogens is 406 g/mol. The molecule has 0 radical (unpaired) electrons. The van der Waals surface area contributed by atoms with Gasteiger partial charge in [-0.2, -0.15) is 0 Å². The maximum atomic E-state index is 12.7. The fraction of sp³-hybridized carbons (Fsp3) is 0.227. The number of thiophene rings is 1. The molecule has 1 aromatic heterocycles. The molecule has 0 unspecified atom stereocenters. The number of carbonyl (C=O) groups is 1. The van der Waals surface area contributed by atoms with E-state index in [0.717, 1.165) is 16.0 Å². The predicted molar refractivity (Wildman–Crippen MR) is 117 cm³/mol. The van der Waals surface area contributed by atoms with Gasteiger partial charge in [0.2, 0.25) is 0 Å². The zero-order valence-electron chi connectivity index (χ0n) is 16.1. The van der Waals surface area contributed by atoms with Crippen molar-refractivity contribution in [3.8, 4) is 16.2 Å². The second-order valence-electron chi connectivity index (χ2n) is 6.44. The van der Waals surface area contributed by atoms with Crippen molar-refractivity contribution in [1.82, 2.24) is 5.32 Å². The fourth-order valence-electron chi connectivity index (χ4n) is 2.66. The van der Waals surface area contributed by atoms with Crippen molar-refractivity contribution in [1.29, 1.82) is 0 Å². The van der Waals surface area contributed by atoms with Crippen LogP contribution in [-0.4, -0.2) is 32.4 Å². The van der Waals surface area contributed by atoms with E-state index in [1.807, 2.05) is 66.7 Å². The highest BCUT2D eigenvalue weighted by molar-refractivity contribution is 7.91. The van der Waals surface area contributed by atoms with Gasteiger partial charge in [0.25, 0.3) is 5.91 Å². The summed E-state index contributed by atoms with van der Waals surface area (Å²) in [6.07, 6.45) is 0. The van der Waals surface area contributed by atoms with Crippen molar-refractivity contribution in [3.63, 3.8) is 0 Å². The SMILES string of the molecule is CCS(=O)(=O)CCNC(=O)c1sc(-c2ccccc2)cc1OCc1ccccc1. The third-order valence-electron chi connectivity index (χ3n) is 4.34. The maximum absolute atomic E-state index is 12.7. The molecular formula is C22H23NO4S2. The van der Waals surface area contributed by atoms with Crippen LogP contribution in [0.15, 0.2) is 66.7 Å². The van der Waals surface area contributed by atoms with Crippen LogP contribution in [0.3, 0.4) is 0 Å². The smallest absolute Gasteiger partial charge is 0.265 e. The monoisotopic (exact) mass is 429 g/mol. The summed E-state index contributed by atoms with van der Waals surface area (Å²) >= 11 is 1.33. The fourth-order valence-corrected chi connectivity index (χ4v) is 4.39. The lowest BCUT2D eigenvalue weighted by molar-refractivity contribution is 0.0956. The number of carbonyl (C=O) groups excluding carboxylic acids is 1. The van der Waals surface area contributed by atoms with Crippen LogP contribution in [0, 0.1) is 0 Å². The lowest BCUT2D eigenvalue weighted by atomic mass is 10.2. The van der Waals surface area contributed by atoms with Crippen molar-refractivity contribution in [3.05, 3.63) is 77.2 Å². The van der Waals surface area contributed by atoms with Gasteiger partial charge in [-0.25, -0.2) is 8.42 Å². The Bertz CT molecular complexity index is 1040. The molecule has 0 atom stereocenters. The largest absolute Gasteiger partial charge is 0.487 e. The molecule has 0 saturated heterocycles. The number of ether oxygens (including phenoxy) is 1. The van der Waals surface area contributed by atoms with E-state index in [1.54, 1.807) is 6.92 Å². The minimum Gasteiger partial charge on any atom is -0.487 e. The third-order valence-corrected chi connectivity index (χ3v) is 7.21. The highest BCUT2D eigenvalue weighted by Gasteiger charge is 2.19. The highest BCUT2D eigenvalue weighted by Crippen LogP contribution is 2.36. The maximum Gasteiger partial charge on any atom is 0.265 e. The second-order valence-corrected chi connectivity index (χ2v) is 9.96. The first-order valence-corrected chi connectivity index (χ1v) is 12.0. The summed E-state index contributed by atoms with van der Waals surface area (Å²) in [5.41, 5.74) is 2.00. The van der Waals surface area contributed by atoms with Gasteiger partial charge in [-0.05, 0) is 17.2 Å². The Hall–Kier alpha value is -2.64. The van der Waals surface area contributed by atoms with Crippen LogP contribution in [0.4, 0.5) is 0 Å². The van der Waals surface area contributed by atoms with E-state index >= 15 is 0 Å². The first-order valence-electron chi connectivity index (χ1n) is 9.33. The van der Waals surface area contributed by atoms with Crippen LogP contribution in [0.25, 0.3) is 10.4 Å². The average Bonchev–Trinajstić information content (AvgIpc) is 3.18. The van der Waals surface area contributed by atoms with Gasteiger partial charge in [-0.1, -0.05) is 67.6 Å². The summed E-state index contributed by atoms with van der Waals surface area (Å²) in [5, 5.41) is 2.71. The first kappa shape index (κ1) is 21.1. The minimum absolute atomic E-state index is 0.0610. The molecule has 0 saturated carbocycles. The van der Waals surface area contributed by atoms with Gasteiger partial charge in [0.15, 0.2) is 9.84 Å². The van der Waals surface area contributed by atoms with Crippen molar-refractivity contribution in [2.45, 2.75) is 13.5 Å². The molecule has 29 heavy (non-hydrogen) atoms. The van der Waals surface area contributed by atoms with Crippen LogP contribution >= 0.6 is 11.3 Å². The number of rotatable bonds is 9. The standard InChI is InChI=1S/C22H23NO4S2/c1-2-29(25,26)14-13-23-22(24)21-19(27-16-17-9-5-3-6-10-17)15-20(28-21)18-11-7-4-8-12-18/h3-12,15H,2,13-14,16H2,1H3,(H,23,24). The quantitative estimate of drug-likeness (QED) is 0.554. The minimum atomic E-state index is -3.13. The summed E-state index contributed by atoms with van der Waals surface area (Å²) in [5.74, 6) is 0.151. The molecule has 3 rings (SSSR count). The molecule has 0 fully saturated rings. The molecule has 1 amide bonds. The summed E-state index contributed by atoms with van der Waals surface area (Å²) in [4.78, 5) is 14.1. The Balaban J connectivity index is 1.79. The van der Waals surface area contributed by atoms with E-state index in [4.69, 9.17) is 4.74 Å². The molecule has 3 aromatic rings. The molecule has 152 valence electrons.